The van der Waals surface area contributed by atoms with Crippen LogP contribution in [0.3, 0.4) is 0 Å². The van der Waals surface area contributed by atoms with E-state index in [4.69, 9.17) is 28.9 Å². The van der Waals surface area contributed by atoms with Gasteiger partial charge >= 0.3 is 6.36 Å². The van der Waals surface area contributed by atoms with Crippen molar-refractivity contribution < 1.29 is 17.9 Å². The number of halogens is 5. The normalized spacial score (nSPS) is 11.6. The first-order valence-electron chi connectivity index (χ1n) is 3.64. The summed E-state index contributed by atoms with van der Waals surface area (Å²) < 4.78 is 39.0. The SMILES string of the molecule is NCc1c(Cl)cc(OC(F)(F)F)nc1Cl. The third-order valence-electron chi connectivity index (χ3n) is 1.42. The van der Waals surface area contributed by atoms with Crippen LogP contribution in [0.2, 0.25) is 10.2 Å². The summed E-state index contributed by atoms with van der Waals surface area (Å²) in [6.45, 7) is -0.0169. The third-order valence-corrected chi connectivity index (χ3v) is 2.07. The van der Waals surface area contributed by atoms with Crippen molar-refractivity contribution in [3.8, 4) is 5.88 Å². The van der Waals surface area contributed by atoms with Crippen molar-refractivity contribution in [2.75, 3.05) is 0 Å². The largest absolute Gasteiger partial charge is 0.574 e. The Labute approximate surface area is 92.9 Å². The van der Waals surface area contributed by atoms with Crippen molar-refractivity contribution in [2.24, 2.45) is 5.73 Å². The van der Waals surface area contributed by atoms with Crippen molar-refractivity contribution in [3.05, 3.63) is 21.8 Å². The summed E-state index contributed by atoms with van der Waals surface area (Å²) in [6, 6.07) is 0.906. The minimum atomic E-state index is -4.83. The Bertz CT molecular complexity index is 347. The Balaban J connectivity index is 3.04. The van der Waals surface area contributed by atoms with Gasteiger partial charge in [-0.3, -0.25) is 0 Å². The molecule has 0 aliphatic carbocycles. The number of nitrogens with zero attached hydrogens (tertiary/aromatic N) is 1. The number of nitrogens with two attached hydrogens (primary N) is 1. The molecule has 1 rings (SSSR count). The zero-order chi connectivity index (χ0) is 11.6. The summed E-state index contributed by atoms with van der Waals surface area (Å²) >= 11 is 11.2. The van der Waals surface area contributed by atoms with Crippen LogP contribution in [-0.2, 0) is 6.54 Å². The second-order valence-corrected chi connectivity index (χ2v) is 3.23. The van der Waals surface area contributed by atoms with Crippen LogP contribution in [0.15, 0.2) is 6.07 Å². The lowest BCUT2D eigenvalue weighted by molar-refractivity contribution is -0.276. The minimum absolute atomic E-state index is 0.0169. The fraction of sp³-hybridized carbons (Fsp3) is 0.286. The van der Waals surface area contributed by atoms with Crippen molar-refractivity contribution >= 4 is 23.2 Å². The smallest absolute Gasteiger partial charge is 0.388 e. The van der Waals surface area contributed by atoms with Crippen LogP contribution in [0, 0.1) is 0 Å². The number of ether oxygens (including phenoxy) is 1. The lowest BCUT2D eigenvalue weighted by Gasteiger charge is -2.10. The summed E-state index contributed by atoms with van der Waals surface area (Å²) in [5, 5.41) is -0.221. The number of hydrogen-bond acceptors (Lipinski definition) is 3. The number of aromatic nitrogens is 1. The maximum atomic E-state index is 11.8. The fourth-order valence-corrected chi connectivity index (χ4v) is 1.41. The summed E-state index contributed by atoms with van der Waals surface area (Å²) in [6.07, 6.45) is -4.83. The van der Waals surface area contributed by atoms with Gasteiger partial charge in [-0.1, -0.05) is 23.2 Å². The molecule has 1 heterocycles. The van der Waals surface area contributed by atoms with Gasteiger partial charge in [-0.25, -0.2) is 4.98 Å². The van der Waals surface area contributed by atoms with Crippen LogP contribution in [0.4, 0.5) is 13.2 Å². The topological polar surface area (TPSA) is 48.1 Å². The van der Waals surface area contributed by atoms with E-state index in [0.29, 0.717) is 0 Å². The standard InChI is InChI=1S/C7H5Cl2F3N2O/c8-4-1-5(15-7(10,11)12)14-6(9)3(4)2-13/h1H,2,13H2. The predicted octanol–water partition coefficient (Wildman–Crippen LogP) is 2.75. The summed E-state index contributed by atoms with van der Waals surface area (Å²) in [5.74, 6) is -0.713. The molecule has 0 aromatic carbocycles. The summed E-state index contributed by atoms with van der Waals surface area (Å²) in [4.78, 5) is 3.35. The van der Waals surface area contributed by atoms with Gasteiger partial charge in [0.15, 0.2) is 0 Å². The Morgan fingerprint density at radius 2 is 2.00 bits per heavy atom. The minimum Gasteiger partial charge on any atom is -0.388 e. The van der Waals surface area contributed by atoms with E-state index in [0.717, 1.165) is 6.07 Å². The molecule has 0 radical (unpaired) electrons. The monoisotopic (exact) mass is 260 g/mol. The van der Waals surface area contributed by atoms with Crippen LogP contribution in [-0.4, -0.2) is 11.3 Å². The molecule has 15 heavy (non-hydrogen) atoms. The van der Waals surface area contributed by atoms with Crippen molar-refractivity contribution in [1.29, 1.82) is 0 Å². The number of rotatable bonds is 2. The second kappa shape index (κ2) is 4.42. The Morgan fingerprint density at radius 1 is 1.40 bits per heavy atom. The van der Waals surface area contributed by atoms with E-state index in [1.807, 2.05) is 0 Å². The molecule has 1 aromatic heterocycles. The van der Waals surface area contributed by atoms with E-state index in [9.17, 15) is 13.2 Å². The van der Waals surface area contributed by atoms with Gasteiger partial charge < -0.3 is 10.5 Å². The van der Waals surface area contributed by atoms with Gasteiger partial charge in [0, 0.05) is 18.2 Å². The van der Waals surface area contributed by atoms with Crippen LogP contribution in [0.5, 0.6) is 5.88 Å². The lowest BCUT2D eigenvalue weighted by atomic mass is 10.3. The molecule has 1 aromatic rings. The van der Waals surface area contributed by atoms with Crippen LogP contribution in [0.25, 0.3) is 0 Å². The molecule has 0 saturated carbocycles. The first-order valence-corrected chi connectivity index (χ1v) is 4.40. The molecule has 2 N–H and O–H groups in total. The van der Waals surface area contributed by atoms with Gasteiger partial charge in [0.1, 0.15) is 5.15 Å². The van der Waals surface area contributed by atoms with E-state index in [-0.39, 0.29) is 22.3 Å². The zero-order valence-electron chi connectivity index (χ0n) is 7.11. The van der Waals surface area contributed by atoms with Gasteiger partial charge in [0.25, 0.3) is 0 Å². The van der Waals surface area contributed by atoms with Gasteiger partial charge in [-0.15, -0.1) is 13.2 Å². The molecule has 0 fully saturated rings. The first-order chi connectivity index (χ1) is 6.83. The van der Waals surface area contributed by atoms with Crippen LogP contribution >= 0.6 is 23.2 Å². The Hall–Kier alpha value is -0.720. The van der Waals surface area contributed by atoms with Gasteiger partial charge in [-0.05, 0) is 0 Å². The molecule has 0 atom stereocenters. The van der Waals surface area contributed by atoms with Crippen molar-refractivity contribution in [1.82, 2.24) is 4.98 Å². The summed E-state index contributed by atoms with van der Waals surface area (Å²) in [5.41, 5.74) is 5.53. The number of pyridine rings is 1. The first kappa shape index (κ1) is 12.4. The molecule has 0 aliphatic rings. The zero-order valence-corrected chi connectivity index (χ0v) is 8.62. The predicted molar refractivity (Wildman–Crippen MR) is 48.8 cm³/mol. The quantitative estimate of drug-likeness (QED) is 0.832. The highest BCUT2D eigenvalue weighted by Crippen LogP contribution is 2.29. The van der Waals surface area contributed by atoms with E-state index >= 15 is 0 Å². The number of hydrogen-bond donors (Lipinski definition) is 1. The highest BCUT2D eigenvalue weighted by molar-refractivity contribution is 6.35. The molecule has 0 spiro atoms. The third kappa shape index (κ3) is 3.40. The summed E-state index contributed by atoms with van der Waals surface area (Å²) in [7, 11) is 0. The second-order valence-electron chi connectivity index (χ2n) is 2.46. The molecule has 0 saturated heterocycles. The van der Waals surface area contributed by atoms with Crippen molar-refractivity contribution in [3.63, 3.8) is 0 Å². The number of alkyl halides is 3. The molecular weight excluding hydrogens is 256 g/mol. The fourth-order valence-electron chi connectivity index (χ4n) is 0.843. The molecule has 0 amide bonds. The lowest BCUT2D eigenvalue weighted by Crippen LogP contribution is -2.18. The van der Waals surface area contributed by atoms with Gasteiger partial charge in [0.2, 0.25) is 5.88 Å². The maximum absolute atomic E-state index is 11.8. The Kier molecular flexibility index (Phi) is 3.64. The average Bonchev–Trinajstić information content (AvgIpc) is 1.99. The van der Waals surface area contributed by atoms with Crippen LogP contribution in [0.1, 0.15) is 5.56 Å². The molecule has 3 nitrogen and oxygen atoms in total. The Morgan fingerprint density at radius 3 is 2.40 bits per heavy atom. The maximum Gasteiger partial charge on any atom is 0.574 e. The highest BCUT2D eigenvalue weighted by atomic mass is 35.5. The molecule has 0 bridgehead atoms. The molecular formula is C7H5Cl2F3N2O. The molecule has 8 heteroatoms. The van der Waals surface area contributed by atoms with E-state index in [2.05, 4.69) is 9.72 Å². The molecule has 0 unspecified atom stereocenters. The highest BCUT2D eigenvalue weighted by Gasteiger charge is 2.32. The van der Waals surface area contributed by atoms with E-state index < -0.39 is 12.2 Å². The average molecular weight is 261 g/mol. The molecule has 84 valence electrons. The van der Waals surface area contributed by atoms with Crippen LogP contribution < -0.4 is 10.5 Å². The molecule has 0 aliphatic heterocycles. The van der Waals surface area contributed by atoms with Gasteiger partial charge in [0.05, 0.1) is 5.02 Å². The van der Waals surface area contributed by atoms with Gasteiger partial charge in [-0.2, -0.15) is 0 Å². The van der Waals surface area contributed by atoms with Crippen molar-refractivity contribution in [2.45, 2.75) is 12.9 Å². The van der Waals surface area contributed by atoms with E-state index in [1.54, 1.807) is 0 Å². The van der Waals surface area contributed by atoms with E-state index in [1.165, 1.54) is 0 Å².